The number of hydrogen-bond donors (Lipinski definition) is 1. The number of hydrogen-bond acceptors (Lipinski definition) is 2. The van der Waals surface area contributed by atoms with E-state index in [0.717, 1.165) is 19.3 Å². The molecule has 1 nitrogen and oxygen atoms in total. The lowest BCUT2D eigenvalue weighted by atomic mass is 9.94. The number of anilines is 1. The first-order valence-electron chi connectivity index (χ1n) is 6.24. The first-order valence-corrected chi connectivity index (χ1v) is 8.89. The van der Waals surface area contributed by atoms with Crippen molar-refractivity contribution < 1.29 is 4.39 Å². The third kappa shape index (κ3) is 2.93. The van der Waals surface area contributed by atoms with Crippen LogP contribution in [-0.2, 0) is 6.42 Å². The third-order valence-electron chi connectivity index (χ3n) is 3.41. The van der Waals surface area contributed by atoms with Crippen LogP contribution in [0.2, 0.25) is 10.0 Å². The molecule has 2 aromatic rings. The third-order valence-corrected chi connectivity index (χ3v) is 5.98. The SMILES string of the molecule is Fc1cc(Cl)c(NC2CCCc3sc(I)cc32)c(Cl)c1. The van der Waals surface area contributed by atoms with Gasteiger partial charge in [-0.25, -0.2) is 4.39 Å². The molecule has 1 N–H and O–H groups in total. The zero-order valence-electron chi connectivity index (χ0n) is 10.4. The summed E-state index contributed by atoms with van der Waals surface area (Å²) in [5, 5.41) is 4.04. The van der Waals surface area contributed by atoms with Gasteiger partial charge in [0.15, 0.2) is 0 Å². The molecule has 0 fully saturated rings. The molecule has 1 aromatic carbocycles. The Hall–Kier alpha value is -0.0400. The van der Waals surface area contributed by atoms with Crippen LogP contribution in [0.5, 0.6) is 0 Å². The maximum absolute atomic E-state index is 13.2. The normalized spacial score (nSPS) is 17.9. The molecule has 0 aliphatic heterocycles. The Bertz CT molecular complexity index is 636. The van der Waals surface area contributed by atoms with Crippen molar-refractivity contribution in [3.05, 3.63) is 47.4 Å². The minimum atomic E-state index is -0.417. The molecule has 6 heteroatoms. The molecule has 1 unspecified atom stereocenters. The molecule has 0 saturated carbocycles. The highest BCUT2D eigenvalue weighted by Gasteiger charge is 2.24. The maximum atomic E-state index is 13.2. The molecule has 0 spiro atoms. The standard InChI is InChI=1S/C14H11Cl2FINS/c15-9-4-7(17)5-10(16)14(9)19-11-2-1-3-12-8(11)6-13(18)20-12/h4-6,11,19H,1-3H2. The van der Waals surface area contributed by atoms with Crippen LogP contribution in [0.25, 0.3) is 0 Å². The van der Waals surface area contributed by atoms with Crippen molar-refractivity contribution in [3.63, 3.8) is 0 Å². The van der Waals surface area contributed by atoms with Crippen LogP contribution in [0.4, 0.5) is 10.1 Å². The van der Waals surface area contributed by atoms with Crippen molar-refractivity contribution in [2.24, 2.45) is 0 Å². The lowest BCUT2D eigenvalue weighted by Gasteiger charge is -2.25. The van der Waals surface area contributed by atoms with Gasteiger partial charge in [-0.05, 0) is 65.6 Å². The molecule has 0 amide bonds. The van der Waals surface area contributed by atoms with Crippen molar-refractivity contribution in [1.82, 2.24) is 0 Å². The van der Waals surface area contributed by atoms with Crippen LogP contribution >= 0.6 is 57.1 Å². The lowest BCUT2D eigenvalue weighted by Crippen LogP contribution is -2.16. The van der Waals surface area contributed by atoms with E-state index in [1.165, 1.54) is 25.5 Å². The van der Waals surface area contributed by atoms with E-state index in [1.807, 2.05) is 11.3 Å². The van der Waals surface area contributed by atoms with Crippen LogP contribution < -0.4 is 5.32 Å². The van der Waals surface area contributed by atoms with Crippen LogP contribution in [0.3, 0.4) is 0 Å². The molecular weight excluding hydrogens is 431 g/mol. The Labute approximate surface area is 144 Å². The summed E-state index contributed by atoms with van der Waals surface area (Å²) < 4.78 is 14.5. The second-order valence-electron chi connectivity index (χ2n) is 4.76. The van der Waals surface area contributed by atoms with Crippen LogP contribution in [0, 0.1) is 8.70 Å². The average molecular weight is 442 g/mol. The molecule has 1 atom stereocenters. The van der Waals surface area contributed by atoms with Crippen LogP contribution in [0.15, 0.2) is 18.2 Å². The van der Waals surface area contributed by atoms with Gasteiger partial charge in [-0.3, -0.25) is 0 Å². The summed E-state index contributed by atoms with van der Waals surface area (Å²) in [6.45, 7) is 0. The molecular formula is C14H11Cl2FINS. The topological polar surface area (TPSA) is 12.0 Å². The van der Waals surface area contributed by atoms with E-state index in [9.17, 15) is 4.39 Å². The van der Waals surface area contributed by atoms with Crippen LogP contribution in [0.1, 0.15) is 29.3 Å². The summed E-state index contributed by atoms with van der Waals surface area (Å²) in [5.41, 5.74) is 1.94. The Balaban J connectivity index is 1.93. The minimum Gasteiger partial charge on any atom is -0.376 e. The Morgan fingerprint density at radius 3 is 2.65 bits per heavy atom. The van der Waals surface area contributed by atoms with Gasteiger partial charge in [0.25, 0.3) is 0 Å². The van der Waals surface area contributed by atoms with E-state index in [1.54, 1.807) is 0 Å². The van der Waals surface area contributed by atoms with E-state index in [4.69, 9.17) is 23.2 Å². The lowest BCUT2D eigenvalue weighted by molar-refractivity contribution is 0.607. The molecule has 0 radical (unpaired) electrons. The van der Waals surface area contributed by atoms with Crippen molar-refractivity contribution in [2.45, 2.75) is 25.3 Å². The summed E-state index contributed by atoms with van der Waals surface area (Å²) in [7, 11) is 0. The van der Waals surface area contributed by atoms with Crippen molar-refractivity contribution in [3.8, 4) is 0 Å². The first-order chi connectivity index (χ1) is 9.54. The predicted molar refractivity (Wildman–Crippen MR) is 92.8 cm³/mol. The van der Waals surface area contributed by atoms with Gasteiger partial charge in [0.05, 0.1) is 24.7 Å². The van der Waals surface area contributed by atoms with Gasteiger partial charge in [0.2, 0.25) is 0 Å². The molecule has 1 aliphatic carbocycles. The summed E-state index contributed by atoms with van der Waals surface area (Å²) in [5.74, 6) is -0.417. The van der Waals surface area contributed by atoms with E-state index in [2.05, 4.69) is 34.0 Å². The summed E-state index contributed by atoms with van der Waals surface area (Å²) in [6, 6.07) is 4.98. The molecule has 3 rings (SSSR count). The number of halogens is 4. The Morgan fingerprint density at radius 1 is 1.25 bits per heavy atom. The molecule has 20 heavy (non-hydrogen) atoms. The Morgan fingerprint density at radius 2 is 1.95 bits per heavy atom. The molecule has 106 valence electrons. The van der Waals surface area contributed by atoms with Gasteiger partial charge in [0.1, 0.15) is 5.82 Å². The van der Waals surface area contributed by atoms with Gasteiger partial charge < -0.3 is 5.32 Å². The quantitative estimate of drug-likeness (QED) is 0.540. The highest BCUT2D eigenvalue weighted by atomic mass is 127. The molecule has 1 aromatic heterocycles. The van der Waals surface area contributed by atoms with Gasteiger partial charge in [-0.1, -0.05) is 23.2 Å². The van der Waals surface area contributed by atoms with Gasteiger partial charge in [-0.15, -0.1) is 11.3 Å². The highest BCUT2D eigenvalue weighted by Crippen LogP contribution is 2.41. The zero-order valence-corrected chi connectivity index (χ0v) is 14.8. The van der Waals surface area contributed by atoms with Crippen LogP contribution in [-0.4, -0.2) is 0 Å². The second kappa shape index (κ2) is 5.99. The van der Waals surface area contributed by atoms with Crippen molar-refractivity contribution in [1.29, 1.82) is 0 Å². The summed E-state index contributed by atoms with van der Waals surface area (Å²) >= 11 is 16.4. The van der Waals surface area contributed by atoms with Crippen molar-refractivity contribution in [2.75, 3.05) is 5.32 Å². The predicted octanol–water partition coefficient (Wildman–Crippen LogP) is 6.29. The number of rotatable bonds is 2. The number of nitrogens with one attached hydrogen (secondary N) is 1. The number of aryl methyl sites for hydroxylation is 1. The van der Waals surface area contributed by atoms with Gasteiger partial charge in [-0.2, -0.15) is 0 Å². The summed E-state index contributed by atoms with van der Waals surface area (Å²) in [4.78, 5) is 1.42. The van der Waals surface area contributed by atoms with Gasteiger partial charge in [0, 0.05) is 4.88 Å². The number of benzene rings is 1. The van der Waals surface area contributed by atoms with E-state index >= 15 is 0 Å². The maximum Gasteiger partial charge on any atom is 0.126 e. The van der Waals surface area contributed by atoms with E-state index < -0.39 is 5.82 Å². The number of thiophene rings is 1. The average Bonchev–Trinajstić information content (AvgIpc) is 2.74. The Kier molecular flexibility index (Phi) is 4.45. The molecule has 0 bridgehead atoms. The number of fused-ring (bicyclic) bond motifs is 1. The monoisotopic (exact) mass is 441 g/mol. The fourth-order valence-corrected chi connectivity index (χ4v) is 5.21. The molecule has 1 heterocycles. The fourth-order valence-electron chi connectivity index (χ4n) is 2.53. The largest absolute Gasteiger partial charge is 0.376 e. The van der Waals surface area contributed by atoms with Gasteiger partial charge >= 0.3 is 0 Å². The first kappa shape index (κ1) is 14.9. The van der Waals surface area contributed by atoms with Crippen molar-refractivity contribution >= 4 is 62.8 Å². The van der Waals surface area contributed by atoms with E-state index in [-0.39, 0.29) is 6.04 Å². The summed E-state index contributed by atoms with van der Waals surface area (Å²) in [6.07, 6.45) is 3.30. The molecule has 1 aliphatic rings. The second-order valence-corrected chi connectivity index (χ2v) is 8.61. The minimum absolute atomic E-state index is 0.193. The highest BCUT2D eigenvalue weighted by molar-refractivity contribution is 14.1. The zero-order chi connectivity index (χ0) is 14.3. The smallest absolute Gasteiger partial charge is 0.126 e. The van der Waals surface area contributed by atoms with E-state index in [0.29, 0.717) is 15.7 Å². The fraction of sp³-hybridized carbons (Fsp3) is 0.286. The molecule has 0 saturated heterocycles.